The van der Waals surface area contributed by atoms with Gasteiger partial charge in [-0.25, -0.2) is 18.1 Å². The number of nitrogen functional groups attached to an aromatic ring is 1. The highest BCUT2D eigenvalue weighted by molar-refractivity contribution is 7.89. The summed E-state index contributed by atoms with van der Waals surface area (Å²) in [5.74, 6) is 0.759. The third-order valence-electron chi connectivity index (χ3n) is 5.86. The standard InChI is InChI=1S/C23H23N5O3S/c24-22-20(15-3-5-19-16(9-15)7-8-25-23(19)29)10-17(12-27-22)21-6-4-18(13-26-21)32(30,31)28-11-14-1-2-14/h3-6,9-10,12-14,28H,1-2,7-8,11H2,(H2,24,27)(H,25,29). The normalized spacial score (nSPS) is 15.8. The van der Waals surface area contributed by atoms with E-state index >= 15 is 0 Å². The summed E-state index contributed by atoms with van der Waals surface area (Å²) >= 11 is 0. The Hall–Kier alpha value is -3.30. The number of carbonyl (C=O) groups is 1. The van der Waals surface area contributed by atoms with E-state index in [1.165, 1.54) is 6.20 Å². The Labute approximate surface area is 186 Å². The first kappa shape index (κ1) is 20.6. The molecule has 0 radical (unpaired) electrons. The lowest BCUT2D eigenvalue weighted by atomic mass is 9.94. The van der Waals surface area contributed by atoms with E-state index in [1.54, 1.807) is 24.4 Å². The number of nitrogens with one attached hydrogen (secondary N) is 2. The zero-order valence-corrected chi connectivity index (χ0v) is 18.2. The Morgan fingerprint density at radius 2 is 1.88 bits per heavy atom. The summed E-state index contributed by atoms with van der Waals surface area (Å²) in [5, 5.41) is 2.84. The van der Waals surface area contributed by atoms with Crippen molar-refractivity contribution >= 4 is 21.7 Å². The summed E-state index contributed by atoms with van der Waals surface area (Å²) in [6.45, 7) is 1.08. The van der Waals surface area contributed by atoms with Crippen molar-refractivity contribution in [2.45, 2.75) is 24.2 Å². The third kappa shape index (κ3) is 4.09. The van der Waals surface area contributed by atoms with Crippen LogP contribution in [0.25, 0.3) is 22.4 Å². The highest BCUT2D eigenvalue weighted by atomic mass is 32.2. The van der Waals surface area contributed by atoms with Gasteiger partial charge in [0.2, 0.25) is 10.0 Å². The van der Waals surface area contributed by atoms with Crippen molar-refractivity contribution in [3.8, 4) is 22.4 Å². The van der Waals surface area contributed by atoms with Crippen molar-refractivity contribution in [3.63, 3.8) is 0 Å². The molecule has 2 aromatic heterocycles. The number of amides is 1. The summed E-state index contributed by atoms with van der Waals surface area (Å²) in [7, 11) is -3.57. The zero-order valence-electron chi connectivity index (χ0n) is 17.3. The molecule has 3 aromatic rings. The summed E-state index contributed by atoms with van der Waals surface area (Å²) in [6.07, 6.45) is 5.88. The molecular formula is C23H23N5O3S. The van der Waals surface area contributed by atoms with E-state index in [0.29, 0.717) is 36.1 Å². The van der Waals surface area contributed by atoms with Crippen LogP contribution in [0.4, 0.5) is 5.82 Å². The fourth-order valence-corrected chi connectivity index (χ4v) is 4.85. The number of anilines is 1. The van der Waals surface area contributed by atoms with Gasteiger partial charge >= 0.3 is 0 Å². The number of aromatic nitrogens is 2. The number of nitrogens with zero attached hydrogens (tertiary/aromatic N) is 2. The molecule has 0 unspecified atom stereocenters. The molecule has 1 saturated carbocycles. The van der Waals surface area contributed by atoms with Gasteiger partial charge in [0.15, 0.2) is 0 Å². The van der Waals surface area contributed by atoms with Gasteiger partial charge in [-0.05, 0) is 60.6 Å². The van der Waals surface area contributed by atoms with E-state index in [4.69, 9.17) is 5.73 Å². The SMILES string of the molecule is Nc1ncc(-c2ccc(S(=O)(=O)NCC3CC3)cn2)cc1-c1ccc2c(c1)CCNC2=O. The average molecular weight is 450 g/mol. The van der Waals surface area contributed by atoms with Crippen LogP contribution in [0.15, 0.2) is 53.7 Å². The molecule has 2 aliphatic rings. The molecule has 8 nitrogen and oxygen atoms in total. The molecule has 1 amide bonds. The molecule has 0 saturated heterocycles. The quantitative estimate of drug-likeness (QED) is 0.530. The maximum Gasteiger partial charge on any atom is 0.251 e. The third-order valence-corrected chi connectivity index (χ3v) is 7.27. The Morgan fingerprint density at radius 3 is 2.62 bits per heavy atom. The van der Waals surface area contributed by atoms with Crippen LogP contribution < -0.4 is 15.8 Å². The Bertz CT molecular complexity index is 1300. The highest BCUT2D eigenvalue weighted by Crippen LogP contribution is 2.31. The first-order chi connectivity index (χ1) is 15.4. The number of rotatable bonds is 6. The van der Waals surface area contributed by atoms with E-state index in [1.807, 2.05) is 18.2 Å². The second-order valence-electron chi connectivity index (χ2n) is 8.21. The predicted octanol–water partition coefficient (Wildman–Crippen LogP) is 2.37. The van der Waals surface area contributed by atoms with Crippen LogP contribution in [-0.4, -0.2) is 37.4 Å². The van der Waals surface area contributed by atoms with Crippen molar-refractivity contribution in [2.24, 2.45) is 5.92 Å². The molecule has 0 bridgehead atoms. The van der Waals surface area contributed by atoms with E-state index in [9.17, 15) is 13.2 Å². The van der Waals surface area contributed by atoms with Crippen LogP contribution in [0, 0.1) is 5.92 Å². The maximum atomic E-state index is 12.4. The van der Waals surface area contributed by atoms with Crippen LogP contribution in [0.2, 0.25) is 0 Å². The minimum Gasteiger partial charge on any atom is -0.383 e. The molecular weight excluding hydrogens is 426 g/mol. The lowest BCUT2D eigenvalue weighted by Crippen LogP contribution is -2.31. The number of hydrogen-bond donors (Lipinski definition) is 3. The molecule has 4 N–H and O–H groups in total. The monoisotopic (exact) mass is 449 g/mol. The molecule has 0 spiro atoms. The number of nitrogens with two attached hydrogens (primary N) is 1. The van der Waals surface area contributed by atoms with E-state index in [2.05, 4.69) is 20.0 Å². The largest absolute Gasteiger partial charge is 0.383 e. The summed E-state index contributed by atoms with van der Waals surface area (Å²) in [5.41, 5.74) is 10.7. The molecule has 1 fully saturated rings. The summed E-state index contributed by atoms with van der Waals surface area (Å²) in [4.78, 5) is 20.8. The fourth-order valence-electron chi connectivity index (χ4n) is 3.79. The van der Waals surface area contributed by atoms with Gasteiger partial charge in [0.25, 0.3) is 5.91 Å². The Balaban J connectivity index is 1.43. The van der Waals surface area contributed by atoms with E-state index in [0.717, 1.165) is 41.5 Å². The average Bonchev–Trinajstić information content (AvgIpc) is 3.63. The molecule has 3 heterocycles. The Morgan fingerprint density at radius 1 is 1.03 bits per heavy atom. The second-order valence-corrected chi connectivity index (χ2v) is 9.98. The van der Waals surface area contributed by atoms with E-state index < -0.39 is 10.0 Å². The van der Waals surface area contributed by atoms with Gasteiger partial charge in [-0.3, -0.25) is 9.78 Å². The topological polar surface area (TPSA) is 127 Å². The first-order valence-electron chi connectivity index (χ1n) is 10.5. The first-order valence-corrected chi connectivity index (χ1v) is 12.0. The van der Waals surface area contributed by atoms with Crippen LogP contribution in [0.5, 0.6) is 0 Å². The number of fused-ring (bicyclic) bond motifs is 1. The van der Waals surface area contributed by atoms with Gasteiger partial charge in [0, 0.05) is 42.2 Å². The number of pyridine rings is 2. The van der Waals surface area contributed by atoms with Gasteiger partial charge < -0.3 is 11.1 Å². The van der Waals surface area contributed by atoms with E-state index in [-0.39, 0.29) is 10.8 Å². The molecule has 5 rings (SSSR count). The van der Waals surface area contributed by atoms with Crippen molar-refractivity contribution in [2.75, 3.05) is 18.8 Å². The van der Waals surface area contributed by atoms with Gasteiger partial charge in [-0.15, -0.1) is 0 Å². The smallest absolute Gasteiger partial charge is 0.251 e. The van der Waals surface area contributed by atoms with Gasteiger partial charge in [-0.1, -0.05) is 12.1 Å². The van der Waals surface area contributed by atoms with Crippen molar-refractivity contribution in [1.82, 2.24) is 20.0 Å². The molecule has 9 heteroatoms. The van der Waals surface area contributed by atoms with Gasteiger partial charge in [0.05, 0.1) is 5.69 Å². The van der Waals surface area contributed by atoms with Crippen molar-refractivity contribution < 1.29 is 13.2 Å². The number of sulfonamides is 1. The zero-order chi connectivity index (χ0) is 22.3. The molecule has 1 aromatic carbocycles. The lowest BCUT2D eigenvalue weighted by molar-refractivity contribution is 0.0946. The summed E-state index contributed by atoms with van der Waals surface area (Å²) < 4.78 is 27.5. The Kier molecular flexibility index (Phi) is 5.15. The minimum atomic E-state index is -3.57. The van der Waals surface area contributed by atoms with Gasteiger partial charge in [-0.2, -0.15) is 0 Å². The fraction of sp³-hybridized carbons (Fsp3) is 0.261. The van der Waals surface area contributed by atoms with Gasteiger partial charge in [0.1, 0.15) is 10.7 Å². The van der Waals surface area contributed by atoms with Crippen LogP contribution >= 0.6 is 0 Å². The van der Waals surface area contributed by atoms with Crippen molar-refractivity contribution in [3.05, 3.63) is 59.9 Å². The lowest BCUT2D eigenvalue weighted by Gasteiger charge is -2.17. The molecule has 164 valence electrons. The molecule has 0 atom stereocenters. The maximum absolute atomic E-state index is 12.4. The van der Waals surface area contributed by atoms with Crippen LogP contribution in [0.3, 0.4) is 0 Å². The van der Waals surface area contributed by atoms with Crippen LogP contribution in [0.1, 0.15) is 28.8 Å². The molecule has 32 heavy (non-hydrogen) atoms. The number of hydrogen-bond acceptors (Lipinski definition) is 6. The van der Waals surface area contributed by atoms with Crippen LogP contribution in [-0.2, 0) is 16.4 Å². The molecule has 1 aliphatic heterocycles. The second kappa shape index (κ2) is 7.99. The number of carbonyl (C=O) groups excluding carboxylic acids is 1. The molecule has 1 aliphatic carbocycles. The van der Waals surface area contributed by atoms with Crippen molar-refractivity contribution in [1.29, 1.82) is 0 Å². The summed E-state index contributed by atoms with van der Waals surface area (Å²) in [6, 6.07) is 10.7. The predicted molar refractivity (Wildman–Crippen MR) is 121 cm³/mol. The minimum absolute atomic E-state index is 0.0662. The highest BCUT2D eigenvalue weighted by Gasteiger charge is 2.24. The number of benzene rings is 1.